The lowest BCUT2D eigenvalue weighted by Gasteiger charge is -2.37. The molecule has 3 heterocycles. The molecular formula is C18H23F2N5O2S. The van der Waals surface area contributed by atoms with Crippen molar-refractivity contribution in [2.75, 3.05) is 25.0 Å². The highest BCUT2D eigenvalue weighted by Crippen LogP contribution is 2.35. The predicted octanol–water partition coefficient (Wildman–Crippen LogP) is 3.04. The molecule has 0 bridgehead atoms. The molecule has 2 aromatic rings. The zero-order valence-corrected chi connectivity index (χ0v) is 16.9. The fourth-order valence-corrected chi connectivity index (χ4v) is 4.02. The number of carbonyl (C=O) groups excluding carboxylic acids is 1. The van der Waals surface area contributed by atoms with Gasteiger partial charge in [-0.3, -0.25) is 9.69 Å². The molecule has 1 aliphatic rings. The number of amides is 1. The first-order chi connectivity index (χ1) is 13.2. The van der Waals surface area contributed by atoms with Gasteiger partial charge in [0.2, 0.25) is 11.8 Å². The van der Waals surface area contributed by atoms with Crippen LogP contribution in [0.15, 0.2) is 12.3 Å². The van der Waals surface area contributed by atoms with E-state index in [4.69, 9.17) is 4.74 Å². The quantitative estimate of drug-likeness (QED) is 0.787. The summed E-state index contributed by atoms with van der Waals surface area (Å²) in [6.07, 6.45) is 1.45. The minimum atomic E-state index is -2.79. The molecule has 0 saturated carbocycles. The van der Waals surface area contributed by atoms with E-state index in [0.717, 1.165) is 10.6 Å². The summed E-state index contributed by atoms with van der Waals surface area (Å²) in [5.74, 6) is -3.04. The Morgan fingerprint density at radius 2 is 2.21 bits per heavy atom. The number of aromatic nitrogens is 3. The Labute approximate surface area is 166 Å². The number of likely N-dealkylation sites (tertiary alicyclic amines) is 1. The second kappa shape index (κ2) is 8.44. The summed E-state index contributed by atoms with van der Waals surface area (Å²) in [7, 11) is 0. The topological polar surface area (TPSA) is 80.2 Å². The third-order valence-corrected chi connectivity index (χ3v) is 5.33. The van der Waals surface area contributed by atoms with Crippen LogP contribution < -0.4 is 10.1 Å². The second-order valence-corrected chi connectivity index (χ2v) is 8.08. The number of alkyl halides is 2. The summed E-state index contributed by atoms with van der Waals surface area (Å²) in [6.45, 7) is 5.86. The van der Waals surface area contributed by atoms with E-state index >= 15 is 0 Å². The van der Waals surface area contributed by atoms with Crippen molar-refractivity contribution in [3.8, 4) is 5.88 Å². The van der Waals surface area contributed by atoms with Gasteiger partial charge in [-0.25, -0.2) is 18.7 Å². The number of aryl methyl sites for hydroxylation is 2. The Kier molecular flexibility index (Phi) is 6.19. The molecule has 0 aliphatic carbocycles. The molecule has 1 atom stereocenters. The average Bonchev–Trinajstić information content (AvgIpc) is 3.00. The van der Waals surface area contributed by atoms with Crippen molar-refractivity contribution in [1.29, 1.82) is 0 Å². The van der Waals surface area contributed by atoms with Gasteiger partial charge in [0.15, 0.2) is 5.13 Å². The van der Waals surface area contributed by atoms with E-state index in [1.54, 1.807) is 19.2 Å². The third kappa shape index (κ3) is 5.41. The van der Waals surface area contributed by atoms with Gasteiger partial charge >= 0.3 is 0 Å². The smallest absolute Gasteiger partial charge is 0.256 e. The number of thiazole rings is 1. The molecule has 0 aromatic carbocycles. The maximum Gasteiger partial charge on any atom is 0.256 e. The van der Waals surface area contributed by atoms with E-state index in [0.29, 0.717) is 29.9 Å². The molecule has 1 unspecified atom stereocenters. The van der Waals surface area contributed by atoms with E-state index in [2.05, 4.69) is 20.3 Å². The van der Waals surface area contributed by atoms with Crippen molar-refractivity contribution >= 4 is 22.4 Å². The molecule has 1 N–H and O–H groups in total. The summed E-state index contributed by atoms with van der Waals surface area (Å²) >= 11 is 1.35. The SMILES string of the molecule is CC(=O)Nc1ncc(CN2CCC(F)(F)C(COc3cc(C)nc(C)n3)C2)s1. The highest BCUT2D eigenvalue weighted by molar-refractivity contribution is 7.15. The number of halogens is 2. The molecule has 1 fully saturated rings. The molecule has 0 radical (unpaired) electrons. The Hall–Kier alpha value is -2.20. The van der Waals surface area contributed by atoms with Gasteiger partial charge in [0, 0.05) is 55.8 Å². The van der Waals surface area contributed by atoms with Gasteiger partial charge in [-0.2, -0.15) is 4.98 Å². The Balaban J connectivity index is 1.60. The number of rotatable bonds is 6. The standard InChI is InChI=1S/C18H23F2N5O2S/c1-11-6-16(23-12(2)22-11)27-10-14-8-25(5-4-18(14,19)20)9-15-7-21-17(28-15)24-13(3)26/h6-7,14H,4-5,8-10H2,1-3H3,(H,21,24,26). The number of hydrogen-bond donors (Lipinski definition) is 1. The zero-order chi connectivity index (χ0) is 20.3. The maximum absolute atomic E-state index is 14.4. The van der Waals surface area contributed by atoms with Crippen LogP contribution in [0.5, 0.6) is 5.88 Å². The largest absolute Gasteiger partial charge is 0.477 e. The lowest BCUT2D eigenvalue weighted by Crippen LogP contribution is -2.48. The molecule has 1 amide bonds. The number of piperidine rings is 1. The molecule has 7 nitrogen and oxygen atoms in total. The number of carbonyl (C=O) groups is 1. The van der Waals surface area contributed by atoms with Gasteiger partial charge in [-0.15, -0.1) is 11.3 Å². The minimum absolute atomic E-state index is 0.112. The van der Waals surface area contributed by atoms with Crippen LogP contribution in [0.1, 0.15) is 29.7 Å². The second-order valence-electron chi connectivity index (χ2n) is 6.96. The van der Waals surface area contributed by atoms with Crippen molar-refractivity contribution in [3.05, 3.63) is 28.7 Å². The number of ether oxygens (including phenoxy) is 1. The molecular weight excluding hydrogens is 388 g/mol. The van der Waals surface area contributed by atoms with Gasteiger partial charge in [-0.05, 0) is 13.8 Å². The van der Waals surface area contributed by atoms with Gasteiger partial charge in [0.25, 0.3) is 5.92 Å². The summed E-state index contributed by atoms with van der Waals surface area (Å²) in [6, 6.07) is 1.65. The Bertz CT molecular complexity index is 825. The van der Waals surface area contributed by atoms with Gasteiger partial charge in [0.05, 0.1) is 12.5 Å². The molecule has 28 heavy (non-hydrogen) atoms. The first-order valence-corrected chi connectivity index (χ1v) is 9.80. The zero-order valence-electron chi connectivity index (χ0n) is 16.0. The predicted molar refractivity (Wildman–Crippen MR) is 102 cm³/mol. The van der Waals surface area contributed by atoms with Crippen molar-refractivity contribution in [2.24, 2.45) is 5.92 Å². The molecule has 1 saturated heterocycles. The Morgan fingerprint density at radius 3 is 2.93 bits per heavy atom. The van der Waals surface area contributed by atoms with Crippen LogP contribution in [0.25, 0.3) is 0 Å². The van der Waals surface area contributed by atoms with Crippen molar-refractivity contribution < 1.29 is 18.3 Å². The lowest BCUT2D eigenvalue weighted by molar-refractivity contribution is -0.118. The molecule has 0 spiro atoms. The van der Waals surface area contributed by atoms with Crippen LogP contribution in [0.3, 0.4) is 0 Å². The van der Waals surface area contributed by atoms with Crippen LogP contribution in [-0.2, 0) is 11.3 Å². The van der Waals surface area contributed by atoms with Crippen LogP contribution in [-0.4, -0.2) is 51.4 Å². The Morgan fingerprint density at radius 1 is 1.43 bits per heavy atom. The van der Waals surface area contributed by atoms with Crippen LogP contribution >= 0.6 is 11.3 Å². The van der Waals surface area contributed by atoms with E-state index in [1.165, 1.54) is 18.3 Å². The highest BCUT2D eigenvalue weighted by Gasteiger charge is 2.44. The fourth-order valence-electron chi connectivity index (χ4n) is 3.12. The number of anilines is 1. The monoisotopic (exact) mass is 411 g/mol. The first kappa shape index (κ1) is 20.5. The highest BCUT2D eigenvalue weighted by atomic mass is 32.1. The first-order valence-electron chi connectivity index (χ1n) is 8.99. The van der Waals surface area contributed by atoms with Gasteiger partial charge in [-0.1, -0.05) is 0 Å². The maximum atomic E-state index is 14.4. The van der Waals surface area contributed by atoms with E-state index in [-0.39, 0.29) is 25.5 Å². The molecule has 152 valence electrons. The summed E-state index contributed by atoms with van der Waals surface area (Å²) in [5.41, 5.74) is 0.736. The van der Waals surface area contributed by atoms with E-state index in [1.807, 2.05) is 11.8 Å². The van der Waals surface area contributed by atoms with Crippen LogP contribution in [0.4, 0.5) is 13.9 Å². The number of hydrogen-bond acceptors (Lipinski definition) is 7. The van der Waals surface area contributed by atoms with E-state index < -0.39 is 11.8 Å². The average molecular weight is 411 g/mol. The lowest BCUT2D eigenvalue weighted by atomic mass is 9.94. The van der Waals surface area contributed by atoms with Crippen molar-refractivity contribution in [2.45, 2.75) is 39.7 Å². The van der Waals surface area contributed by atoms with E-state index in [9.17, 15) is 13.6 Å². The molecule has 2 aromatic heterocycles. The number of nitrogens with one attached hydrogen (secondary N) is 1. The normalized spacial score (nSPS) is 19.4. The van der Waals surface area contributed by atoms with Gasteiger partial charge in [0.1, 0.15) is 5.82 Å². The van der Waals surface area contributed by atoms with Crippen LogP contribution in [0.2, 0.25) is 0 Å². The number of nitrogens with zero attached hydrogens (tertiary/aromatic N) is 4. The third-order valence-electron chi connectivity index (χ3n) is 4.43. The minimum Gasteiger partial charge on any atom is -0.477 e. The molecule has 10 heteroatoms. The van der Waals surface area contributed by atoms with Crippen molar-refractivity contribution in [1.82, 2.24) is 19.9 Å². The summed E-state index contributed by atoms with van der Waals surface area (Å²) in [5, 5.41) is 3.14. The molecule has 3 rings (SSSR count). The van der Waals surface area contributed by atoms with Crippen molar-refractivity contribution in [3.63, 3.8) is 0 Å². The molecule has 1 aliphatic heterocycles. The summed E-state index contributed by atoms with van der Waals surface area (Å²) < 4.78 is 34.4. The van der Waals surface area contributed by atoms with Crippen LogP contribution in [0, 0.1) is 19.8 Å². The van der Waals surface area contributed by atoms with Gasteiger partial charge < -0.3 is 10.1 Å². The fraction of sp³-hybridized carbons (Fsp3) is 0.556. The summed E-state index contributed by atoms with van der Waals surface area (Å²) in [4.78, 5) is 26.4.